The van der Waals surface area contributed by atoms with Crippen LogP contribution >= 0.6 is 0 Å². The van der Waals surface area contributed by atoms with Crippen molar-refractivity contribution < 1.29 is 78.4 Å². The number of carbonyl (C=O) groups excluding carboxylic acids is 1. The molecule has 3 spiro atoms. The molecule has 0 aliphatic carbocycles. The summed E-state index contributed by atoms with van der Waals surface area (Å²) in [4.78, 5) is 17.3. The molecule has 18 atom stereocenters. The maximum Gasteiger partial charge on any atom is 0.338 e. The van der Waals surface area contributed by atoms with Crippen LogP contribution < -0.4 is 0 Å². The van der Waals surface area contributed by atoms with Crippen LogP contribution in [0.3, 0.4) is 0 Å². The van der Waals surface area contributed by atoms with Crippen LogP contribution in [0.2, 0.25) is 0 Å². The van der Waals surface area contributed by atoms with Gasteiger partial charge in [0.1, 0.15) is 37.1 Å². The first-order chi connectivity index (χ1) is 31.3. The molecule has 7 aliphatic heterocycles. The van der Waals surface area contributed by atoms with Crippen molar-refractivity contribution in [3.05, 3.63) is 48.1 Å². The fourth-order valence-electron chi connectivity index (χ4n) is 11.4. The number of aliphatic hydroxyl groups is 5. The Morgan fingerprint density at radius 1 is 1.02 bits per heavy atom. The lowest BCUT2D eigenvalue weighted by molar-refractivity contribution is -0.321. The lowest BCUT2D eigenvalue weighted by Gasteiger charge is -2.50. The average molecular weight is 935 g/mol. The van der Waals surface area contributed by atoms with Gasteiger partial charge in [-0.3, -0.25) is 5.26 Å². The van der Waals surface area contributed by atoms with E-state index in [1.54, 1.807) is 6.08 Å². The fourth-order valence-corrected chi connectivity index (χ4v) is 11.4. The van der Waals surface area contributed by atoms with Crippen molar-refractivity contribution >= 4 is 5.97 Å². The maximum absolute atomic E-state index is 13.0. The van der Waals surface area contributed by atoms with Gasteiger partial charge in [-0.2, -0.15) is 0 Å². The Balaban J connectivity index is 0.899. The van der Waals surface area contributed by atoms with Crippen LogP contribution in [0.15, 0.2) is 48.1 Å². The summed E-state index contributed by atoms with van der Waals surface area (Å²) in [6.45, 7) is 17.7. The van der Waals surface area contributed by atoms with Crippen LogP contribution in [0.1, 0.15) is 131 Å². The molecule has 16 nitrogen and oxygen atoms in total. The van der Waals surface area contributed by atoms with Gasteiger partial charge in [-0.15, -0.1) is 0 Å². The Labute approximate surface area is 390 Å². The minimum Gasteiger partial charge on any atom is -0.459 e. The molecule has 0 aromatic heterocycles. The monoisotopic (exact) mass is 935 g/mol. The van der Waals surface area contributed by atoms with Crippen molar-refractivity contribution in [1.82, 2.24) is 0 Å². The molecule has 0 aromatic carbocycles. The lowest BCUT2D eigenvalue weighted by atomic mass is 9.79. The summed E-state index contributed by atoms with van der Waals surface area (Å²) in [6, 6.07) is 0. The van der Waals surface area contributed by atoms with Gasteiger partial charge in [-0.25, -0.2) is 9.68 Å². The number of hydrogen-bond donors (Lipinski definition) is 6. The third kappa shape index (κ3) is 11.6. The number of ether oxygens (including phenoxy) is 8. The molecule has 4 unspecified atom stereocenters. The highest BCUT2D eigenvalue weighted by molar-refractivity contribution is 5.78. The Bertz CT molecular complexity index is 1740. The average Bonchev–Trinajstić information content (AvgIpc) is 3.68. The first-order valence-corrected chi connectivity index (χ1v) is 24.6. The van der Waals surface area contributed by atoms with Crippen LogP contribution in [-0.2, 0) is 47.6 Å². The molecule has 16 heteroatoms. The summed E-state index contributed by atoms with van der Waals surface area (Å²) < 4.78 is 50.9. The Kier molecular flexibility index (Phi) is 16.8. The Morgan fingerprint density at radius 3 is 2.50 bits per heavy atom. The second-order valence-corrected chi connectivity index (χ2v) is 20.9. The van der Waals surface area contributed by atoms with Gasteiger partial charge in [0.25, 0.3) is 0 Å². The van der Waals surface area contributed by atoms with E-state index in [1.807, 2.05) is 19.9 Å². The summed E-state index contributed by atoms with van der Waals surface area (Å²) in [5, 5.41) is 63.9. The largest absolute Gasteiger partial charge is 0.459 e. The SMILES string of the molecule is C=C(COC(=O)[C@](C)(O)C[C@@H]1CC[C@@H](O)[C@]2(C=C(C)C[C@@H]([C@H](C)/C=C/[C@@H]3CC[C@@]4(CCC5O[C@H]([C@@H](O)C[C@H](C)C6O[C@@]7(CCCCO7)CC[C@H]6C)C(=C)[C@@H](O)C5O4)O3)O2)O1)C(CCO)OO. The van der Waals surface area contributed by atoms with Crippen molar-refractivity contribution in [2.45, 2.75) is 221 Å². The van der Waals surface area contributed by atoms with Gasteiger partial charge in [0.2, 0.25) is 5.79 Å². The van der Waals surface area contributed by atoms with E-state index in [1.165, 1.54) is 6.92 Å². The molecule has 0 aromatic rings. The standard InChI is InChI=1S/C50H78O16/c1-29-24-40(63-50(26-29)41(53)13-12-36(62-50)27-47(7,56)46(55)58-28-33(5)38(66-57)17-22-51)30(2)10-11-35-15-20-49(61-35)21-16-39-45(65-49)42(54)34(6)44(60-39)37(52)25-32(4)43-31(3)14-19-48(64-43)18-8-9-23-59-48/h10-11,26,30-32,35-45,51-54,56-57H,5-6,8-9,12-25,27-28H2,1-4,7H3/b11-10+/t30-,31-,32+,35-,36+,37+,38?,39?,40+,41-,42-,43?,44+,45?,47-,48+,49-,50-/m1/s1. The molecular formula is C50H78O16. The fraction of sp³-hybridized carbons (Fsp3) is 0.820. The molecule has 374 valence electrons. The number of hydrogen-bond acceptors (Lipinski definition) is 16. The normalized spacial score (nSPS) is 41.3. The van der Waals surface area contributed by atoms with E-state index in [2.05, 4.69) is 38.0 Å². The van der Waals surface area contributed by atoms with Crippen LogP contribution in [0.4, 0.5) is 0 Å². The van der Waals surface area contributed by atoms with Crippen molar-refractivity contribution in [3.63, 3.8) is 0 Å². The van der Waals surface area contributed by atoms with Crippen molar-refractivity contribution in [2.24, 2.45) is 17.8 Å². The quantitative estimate of drug-likeness (QED) is 0.0489. The van der Waals surface area contributed by atoms with E-state index in [9.17, 15) is 30.3 Å². The van der Waals surface area contributed by atoms with E-state index in [0.717, 1.165) is 44.3 Å². The number of fused-ring (bicyclic) bond motifs is 1. The van der Waals surface area contributed by atoms with E-state index in [0.29, 0.717) is 62.9 Å². The Morgan fingerprint density at radius 2 is 1.77 bits per heavy atom. The van der Waals surface area contributed by atoms with Gasteiger partial charge < -0.3 is 63.4 Å². The van der Waals surface area contributed by atoms with Gasteiger partial charge in [-0.05, 0) is 101 Å². The number of rotatable bonds is 16. The number of esters is 1. The zero-order valence-corrected chi connectivity index (χ0v) is 39.7. The summed E-state index contributed by atoms with van der Waals surface area (Å²) in [5.74, 6) is -3.58. The summed E-state index contributed by atoms with van der Waals surface area (Å²) in [5.41, 5.74) is -0.365. The van der Waals surface area contributed by atoms with Crippen molar-refractivity contribution in [3.8, 4) is 0 Å². The second-order valence-electron chi connectivity index (χ2n) is 20.9. The predicted octanol–water partition coefficient (Wildman–Crippen LogP) is 5.47. The number of carbonyl (C=O) groups is 1. The molecule has 0 radical (unpaired) electrons. The topological polar surface area (TPSA) is 222 Å². The molecular weight excluding hydrogens is 857 g/mol. The van der Waals surface area contributed by atoms with Crippen molar-refractivity contribution in [2.75, 3.05) is 19.8 Å². The van der Waals surface area contributed by atoms with Gasteiger partial charge in [0.05, 0.1) is 43.2 Å². The molecule has 0 amide bonds. The molecule has 0 bridgehead atoms. The summed E-state index contributed by atoms with van der Waals surface area (Å²) >= 11 is 0. The predicted molar refractivity (Wildman–Crippen MR) is 239 cm³/mol. The minimum atomic E-state index is -1.95. The Hall–Kier alpha value is -2.13. The molecule has 6 N–H and O–H groups in total. The second kappa shape index (κ2) is 21.5. The summed E-state index contributed by atoms with van der Waals surface area (Å²) in [7, 11) is 0. The van der Waals surface area contributed by atoms with Gasteiger partial charge in [-0.1, -0.05) is 51.7 Å². The van der Waals surface area contributed by atoms with Gasteiger partial charge >= 0.3 is 5.97 Å². The first kappa shape index (κ1) is 51.7. The molecule has 7 heterocycles. The van der Waals surface area contributed by atoms with E-state index < -0.39 is 77.8 Å². The van der Waals surface area contributed by atoms with E-state index in [4.69, 9.17) is 43.2 Å². The summed E-state index contributed by atoms with van der Waals surface area (Å²) in [6.07, 6.45) is 7.94. The zero-order chi connectivity index (χ0) is 47.6. The smallest absolute Gasteiger partial charge is 0.338 e. The highest BCUT2D eigenvalue weighted by atomic mass is 17.1. The van der Waals surface area contributed by atoms with Gasteiger partial charge in [0.15, 0.2) is 17.2 Å². The highest BCUT2D eigenvalue weighted by Gasteiger charge is 2.55. The van der Waals surface area contributed by atoms with Crippen LogP contribution in [0, 0.1) is 17.8 Å². The first-order valence-electron chi connectivity index (χ1n) is 24.6. The minimum absolute atomic E-state index is 0.0369. The molecule has 6 saturated heterocycles. The van der Waals surface area contributed by atoms with E-state index in [-0.39, 0.29) is 61.8 Å². The third-order valence-electron chi connectivity index (χ3n) is 15.3. The van der Waals surface area contributed by atoms with Crippen LogP contribution in [0.5, 0.6) is 0 Å². The molecule has 0 saturated carbocycles. The maximum atomic E-state index is 13.0. The van der Waals surface area contributed by atoms with Crippen LogP contribution in [0.25, 0.3) is 0 Å². The molecule has 6 fully saturated rings. The highest BCUT2D eigenvalue weighted by Crippen LogP contribution is 2.47. The zero-order valence-electron chi connectivity index (χ0n) is 39.7. The molecule has 7 aliphatic rings. The number of aliphatic hydroxyl groups excluding tert-OH is 4. The molecule has 7 rings (SSSR count). The van der Waals surface area contributed by atoms with Gasteiger partial charge in [0, 0.05) is 51.0 Å². The van der Waals surface area contributed by atoms with Crippen LogP contribution in [-0.4, -0.2) is 147 Å². The van der Waals surface area contributed by atoms with Crippen molar-refractivity contribution in [1.29, 1.82) is 0 Å². The third-order valence-corrected chi connectivity index (χ3v) is 15.3. The lowest BCUT2D eigenvalue weighted by Crippen LogP contribution is -2.60. The van der Waals surface area contributed by atoms with E-state index >= 15 is 0 Å². The molecule has 66 heavy (non-hydrogen) atoms.